The van der Waals surface area contributed by atoms with Crippen molar-refractivity contribution in [2.24, 2.45) is 0 Å². The molecule has 0 aliphatic heterocycles. The van der Waals surface area contributed by atoms with Crippen molar-refractivity contribution in [3.05, 3.63) is 51.9 Å². The van der Waals surface area contributed by atoms with Crippen molar-refractivity contribution >= 4 is 17.2 Å². The number of carbonyl (C=O) groups is 1. The Balaban J connectivity index is 1.60. The third kappa shape index (κ3) is 3.68. The van der Waals surface area contributed by atoms with Crippen molar-refractivity contribution in [3.8, 4) is 10.8 Å². The van der Waals surface area contributed by atoms with Crippen LogP contribution >= 0.6 is 11.3 Å². The monoisotopic (exact) mass is 342 g/mol. The molecule has 0 aliphatic rings. The van der Waals surface area contributed by atoms with Crippen molar-refractivity contribution < 1.29 is 9.32 Å². The summed E-state index contributed by atoms with van der Waals surface area (Å²) in [5.41, 5.74) is 5.88. The van der Waals surface area contributed by atoms with Crippen LogP contribution < -0.4 is 5.32 Å². The van der Waals surface area contributed by atoms with Gasteiger partial charge in [-0.1, -0.05) is 28.9 Å². The third-order valence-electron chi connectivity index (χ3n) is 3.71. The molecule has 0 radical (unpaired) electrons. The molecule has 0 aliphatic carbocycles. The minimum Gasteiger partial charge on any atom is -0.348 e. The predicted molar refractivity (Wildman–Crippen MR) is 91.6 cm³/mol. The zero-order chi connectivity index (χ0) is 17.1. The Morgan fingerprint density at radius 2 is 2.12 bits per heavy atom. The second-order valence-corrected chi connectivity index (χ2v) is 6.52. The number of hydrogen-bond acceptors (Lipinski definition) is 6. The Morgan fingerprint density at radius 1 is 1.29 bits per heavy atom. The van der Waals surface area contributed by atoms with E-state index in [1.165, 1.54) is 11.3 Å². The van der Waals surface area contributed by atoms with Crippen LogP contribution in [0.5, 0.6) is 0 Å². The van der Waals surface area contributed by atoms with E-state index >= 15 is 0 Å². The first-order valence-corrected chi connectivity index (χ1v) is 8.47. The van der Waals surface area contributed by atoms with Gasteiger partial charge >= 0.3 is 0 Å². The smallest absolute Gasteiger partial charge is 0.269 e. The normalized spacial score (nSPS) is 10.8. The molecule has 24 heavy (non-hydrogen) atoms. The minimum absolute atomic E-state index is 0.0657. The molecule has 3 rings (SSSR count). The number of aromatic nitrogens is 3. The topological polar surface area (TPSA) is 80.9 Å². The van der Waals surface area contributed by atoms with Gasteiger partial charge in [0, 0.05) is 0 Å². The van der Waals surface area contributed by atoms with E-state index in [-0.39, 0.29) is 12.5 Å². The average molecular weight is 342 g/mol. The van der Waals surface area contributed by atoms with E-state index in [1.54, 1.807) is 5.51 Å². The molecule has 0 spiro atoms. The van der Waals surface area contributed by atoms with Gasteiger partial charge in [0.05, 0.1) is 24.2 Å². The molecule has 1 N–H and O–H groups in total. The van der Waals surface area contributed by atoms with Gasteiger partial charge in [0.25, 0.3) is 5.89 Å². The number of nitrogens with zero attached hydrogens (tertiary/aromatic N) is 3. The van der Waals surface area contributed by atoms with Crippen LogP contribution in [-0.2, 0) is 17.8 Å². The molecule has 0 saturated carbocycles. The second-order valence-electron chi connectivity index (χ2n) is 5.67. The number of hydrogen-bond donors (Lipinski definition) is 1. The van der Waals surface area contributed by atoms with Crippen LogP contribution in [0, 0.1) is 20.8 Å². The lowest BCUT2D eigenvalue weighted by Crippen LogP contribution is -2.25. The Hall–Kier alpha value is -2.54. The van der Waals surface area contributed by atoms with Crippen LogP contribution in [0.1, 0.15) is 28.2 Å². The quantitative estimate of drug-likeness (QED) is 0.771. The second kappa shape index (κ2) is 6.92. The van der Waals surface area contributed by atoms with Crippen molar-refractivity contribution in [2.75, 3.05) is 0 Å². The van der Waals surface area contributed by atoms with Crippen LogP contribution in [0.25, 0.3) is 10.8 Å². The van der Waals surface area contributed by atoms with Crippen molar-refractivity contribution in [3.63, 3.8) is 0 Å². The molecule has 2 aromatic heterocycles. The maximum Gasteiger partial charge on any atom is 0.269 e. The lowest BCUT2D eigenvalue weighted by atomic mass is 10.0. The van der Waals surface area contributed by atoms with Gasteiger partial charge in [-0.15, -0.1) is 11.3 Å². The molecule has 6 nitrogen and oxygen atoms in total. The van der Waals surface area contributed by atoms with Gasteiger partial charge < -0.3 is 9.84 Å². The maximum atomic E-state index is 12.1. The van der Waals surface area contributed by atoms with E-state index in [1.807, 2.05) is 39.0 Å². The van der Waals surface area contributed by atoms with Crippen LogP contribution in [-0.4, -0.2) is 21.0 Å². The van der Waals surface area contributed by atoms with Crippen LogP contribution in [0.15, 0.2) is 28.2 Å². The molecular formula is C17H18N4O2S. The Kier molecular flexibility index (Phi) is 4.71. The number of rotatable bonds is 5. The Labute approximate surface area is 143 Å². The van der Waals surface area contributed by atoms with Crippen molar-refractivity contribution in [1.82, 2.24) is 20.4 Å². The molecular weight excluding hydrogens is 324 g/mol. The van der Waals surface area contributed by atoms with E-state index in [2.05, 4.69) is 20.4 Å². The van der Waals surface area contributed by atoms with E-state index in [9.17, 15) is 4.79 Å². The summed E-state index contributed by atoms with van der Waals surface area (Å²) in [6, 6.07) is 6.10. The summed E-state index contributed by atoms with van der Waals surface area (Å²) >= 11 is 1.45. The SMILES string of the molecule is Cc1ccc(C)c(CC(=O)NCc2noc(-c3scnc3C)n2)c1. The summed E-state index contributed by atoms with van der Waals surface area (Å²) in [5, 5.41) is 6.73. The lowest BCUT2D eigenvalue weighted by molar-refractivity contribution is -0.120. The summed E-state index contributed by atoms with van der Waals surface area (Å²) in [6.45, 7) is 6.15. The highest BCUT2D eigenvalue weighted by atomic mass is 32.1. The van der Waals surface area contributed by atoms with E-state index in [0.29, 0.717) is 18.1 Å². The highest BCUT2D eigenvalue weighted by Crippen LogP contribution is 2.25. The number of benzene rings is 1. The van der Waals surface area contributed by atoms with E-state index in [4.69, 9.17) is 4.52 Å². The molecule has 0 bridgehead atoms. The standard InChI is InChI=1S/C17H18N4O2S/c1-10-4-5-11(2)13(6-10)7-15(22)18-8-14-20-17(23-21-14)16-12(3)19-9-24-16/h4-6,9H,7-8H2,1-3H3,(H,18,22). The number of thiazole rings is 1. The van der Waals surface area contributed by atoms with E-state index in [0.717, 1.165) is 27.3 Å². The number of nitrogens with one attached hydrogen (secondary N) is 1. The summed E-state index contributed by atoms with van der Waals surface area (Å²) in [5.74, 6) is 0.824. The number of amides is 1. The maximum absolute atomic E-state index is 12.1. The molecule has 2 heterocycles. The Morgan fingerprint density at radius 3 is 2.88 bits per heavy atom. The average Bonchev–Trinajstić information content (AvgIpc) is 3.17. The molecule has 1 aromatic carbocycles. The minimum atomic E-state index is -0.0657. The zero-order valence-electron chi connectivity index (χ0n) is 13.8. The predicted octanol–water partition coefficient (Wildman–Crippen LogP) is 2.98. The summed E-state index contributed by atoms with van der Waals surface area (Å²) in [6.07, 6.45) is 0.339. The van der Waals surface area contributed by atoms with Crippen LogP contribution in [0.2, 0.25) is 0 Å². The van der Waals surface area contributed by atoms with Gasteiger partial charge in [-0.3, -0.25) is 4.79 Å². The van der Waals surface area contributed by atoms with Gasteiger partial charge in [0.2, 0.25) is 5.91 Å². The molecule has 124 valence electrons. The summed E-state index contributed by atoms with van der Waals surface area (Å²) in [4.78, 5) is 21.5. The first-order valence-electron chi connectivity index (χ1n) is 7.59. The molecule has 7 heteroatoms. The van der Waals surface area contributed by atoms with Crippen molar-refractivity contribution in [2.45, 2.75) is 33.7 Å². The molecule has 3 aromatic rings. The molecule has 0 saturated heterocycles. The third-order valence-corrected chi connectivity index (χ3v) is 4.62. The van der Waals surface area contributed by atoms with Gasteiger partial charge in [-0.2, -0.15) is 4.98 Å². The van der Waals surface area contributed by atoms with Gasteiger partial charge in [-0.05, 0) is 31.9 Å². The first kappa shape index (κ1) is 16.3. The van der Waals surface area contributed by atoms with Gasteiger partial charge in [0.1, 0.15) is 4.88 Å². The largest absolute Gasteiger partial charge is 0.348 e. The van der Waals surface area contributed by atoms with E-state index < -0.39 is 0 Å². The van der Waals surface area contributed by atoms with Gasteiger partial charge in [0.15, 0.2) is 5.82 Å². The fourth-order valence-corrected chi connectivity index (χ4v) is 3.05. The summed E-state index contributed by atoms with van der Waals surface area (Å²) in [7, 11) is 0. The molecule has 0 unspecified atom stereocenters. The number of carbonyl (C=O) groups excluding carboxylic acids is 1. The zero-order valence-corrected chi connectivity index (χ0v) is 14.6. The molecule has 0 fully saturated rings. The first-order chi connectivity index (χ1) is 11.5. The Bertz CT molecular complexity index is 869. The molecule has 0 atom stereocenters. The number of aryl methyl sites for hydroxylation is 3. The fraction of sp³-hybridized carbons (Fsp3) is 0.294. The highest BCUT2D eigenvalue weighted by Gasteiger charge is 2.14. The highest BCUT2D eigenvalue weighted by molar-refractivity contribution is 7.13. The fourth-order valence-electron chi connectivity index (χ4n) is 2.33. The van der Waals surface area contributed by atoms with Crippen molar-refractivity contribution in [1.29, 1.82) is 0 Å². The van der Waals surface area contributed by atoms with Gasteiger partial charge in [-0.25, -0.2) is 4.98 Å². The lowest BCUT2D eigenvalue weighted by Gasteiger charge is -2.07. The van der Waals surface area contributed by atoms with Crippen LogP contribution in [0.4, 0.5) is 0 Å². The van der Waals surface area contributed by atoms with Crippen LogP contribution in [0.3, 0.4) is 0 Å². The summed E-state index contributed by atoms with van der Waals surface area (Å²) < 4.78 is 5.23. The molecule has 1 amide bonds.